The molecular formula is C28H30N6O4S. The van der Waals surface area contributed by atoms with Gasteiger partial charge in [0.2, 0.25) is 0 Å². The number of carbonyl (C=O) groups excluding carboxylic acids is 1. The fraction of sp³-hybridized carbons (Fsp3) is 0.250. The summed E-state index contributed by atoms with van der Waals surface area (Å²) in [5.74, 6) is -0.413. The van der Waals surface area contributed by atoms with Crippen LogP contribution in [-0.2, 0) is 16.4 Å². The number of benzene rings is 1. The van der Waals surface area contributed by atoms with Gasteiger partial charge in [0.1, 0.15) is 5.37 Å². The number of H-pyrrole nitrogens is 1. The van der Waals surface area contributed by atoms with E-state index in [4.69, 9.17) is 0 Å². The van der Waals surface area contributed by atoms with Crippen molar-refractivity contribution < 1.29 is 18.3 Å². The number of aromatic hydroxyl groups is 1. The normalized spacial score (nSPS) is 15.7. The van der Waals surface area contributed by atoms with Crippen LogP contribution in [0.15, 0.2) is 78.5 Å². The molecule has 5 rings (SSSR count). The third-order valence-electron chi connectivity index (χ3n) is 6.94. The van der Waals surface area contributed by atoms with Crippen LogP contribution in [0.4, 0.5) is 0 Å². The van der Waals surface area contributed by atoms with Gasteiger partial charge in [-0.2, -0.15) is 0 Å². The number of aromatic amines is 1. The Morgan fingerprint density at radius 2 is 1.95 bits per heavy atom. The molecule has 0 radical (unpaired) electrons. The van der Waals surface area contributed by atoms with Crippen molar-refractivity contribution in [2.75, 3.05) is 33.2 Å². The zero-order valence-corrected chi connectivity index (χ0v) is 22.4. The van der Waals surface area contributed by atoms with Crippen LogP contribution in [0.25, 0.3) is 22.2 Å². The van der Waals surface area contributed by atoms with E-state index in [2.05, 4.69) is 31.7 Å². The van der Waals surface area contributed by atoms with Crippen molar-refractivity contribution >= 4 is 26.6 Å². The SMILES string of the molecule is C=CC(N1CCN(C)CC1)S(=O)(=O)c1ccc(-c2c(O)[nH]c3ccc(C(=O)NCc4ccccn4)cc23)nc1. The van der Waals surface area contributed by atoms with E-state index < -0.39 is 15.2 Å². The van der Waals surface area contributed by atoms with Crippen LogP contribution in [0.3, 0.4) is 0 Å². The van der Waals surface area contributed by atoms with Crippen LogP contribution in [0.1, 0.15) is 16.1 Å². The van der Waals surface area contributed by atoms with Crippen LogP contribution in [-0.4, -0.2) is 82.8 Å². The third-order valence-corrected chi connectivity index (χ3v) is 8.96. The number of pyridine rings is 2. The Labute approximate surface area is 226 Å². The number of nitrogens with one attached hydrogen (secondary N) is 2. The molecule has 0 bridgehead atoms. The van der Waals surface area contributed by atoms with Gasteiger partial charge in [-0.25, -0.2) is 8.42 Å². The van der Waals surface area contributed by atoms with Gasteiger partial charge in [0, 0.05) is 55.0 Å². The summed E-state index contributed by atoms with van der Waals surface area (Å²) in [5, 5.41) is 13.2. The minimum absolute atomic E-state index is 0.0731. The van der Waals surface area contributed by atoms with E-state index in [0.717, 1.165) is 18.8 Å². The molecule has 39 heavy (non-hydrogen) atoms. The predicted molar refractivity (Wildman–Crippen MR) is 149 cm³/mol. The molecule has 0 aliphatic carbocycles. The second-order valence-corrected chi connectivity index (χ2v) is 11.5. The molecule has 1 amide bonds. The number of fused-ring (bicyclic) bond motifs is 1. The molecule has 0 saturated carbocycles. The zero-order chi connectivity index (χ0) is 27.6. The highest BCUT2D eigenvalue weighted by Gasteiger charge is 2.32. The average molecular weight is 547 g/mol. The molecule has 4 aromatic rings. The number of sulfone groups is 1. The Hall–Kier alpha value is -4.06. The molecule has 1 aliphatic rings. The van der Waals surface area contributed by atoms with Gasteiger partial charge in [0.25, 0.3) is 5.91 Å². The van der Waals surface area contributed by atoms with Crippen LogP contribution >= 0.6 is 0 Å². The largest absolute Gasteiger partial charge is 0.494 e. The lowest BCUT2D eigenvalue weighted by atomic mass is 10.1. The summed E-state index contributed by atoms with van der Waals surface area (Å²) in [6, 6.07) is 13.6. The Bertz CT molecular complexity index is 1590. The Morgan fingerprint density at radius 1 is 1.15 bits per heavy atom. The first-order chi connectivity index (χ1) is 18.8. The van der Waals surface area contributed by atoms with Gasteiger partial charge >= 0.3 is 0 Å². The number of hydrogen-bond acceptors (Lipinski definition) is 8. The van der Waals surface area contributed by atoms with Crippen LogP contribution in [0.5, 0.6) is 5.88 Å². The number of piperazine rings is 1. The highest BCUT2D eigenvalue weighted by Crippen LogP contribution is 2.36. The number of hydrogen-bond donors (Lipinski definition) is 3. The van der Waals surface area contributed by atoms with Gasteiger partial charge in [-0.15, -0.1) is 6.58 Å². The van der Waals surface area contributed by atoms with Gasteiger partial charge in [0.05, 0.1) is 28.4 Å². The summed E-state index contributed by atoms with van der Waals surface area (Å²) in [7, 11) is -1.75. The maximum absolute atomic E-state index is 13.4. The van der Waals surface area contributed by atoms with Crippen molar-refractivity contribution in [3.8, 4) is 17.1 Å². The third kappa shape index (κ3) is 5.42. The number of likely N-dealkylation sites (N-methyl/N-ethyl adjacent to an activating group) is 1. The summed E-state index contributed by atoms with van der Waals surface area (Å²) < 4.78 is 26.9. The molecule has 3 N–H and O–H groups in total. The monoisotopic (exact) mass is 546 g/mol. The van der Waals surface area contributed by atoms with E-state index in [1.807, 2.05) is 24.1 Å². The second-order valence-electron chi connectivity index (χ2n) is 9.50. The maximum Gasteiger partial charge on any atom is 0.251 e. The summed E-state index contributed by atoms with van der Waals surface area (Å²) >= 11 is 0. The van der Waals surface area contributed by atoms with Gasteiger partial charge in [0.15, 0.2) is 15.7 Å². The molecule has 202 valence electrons. The number of nitrogens with zero attached hydrogens (tertiary/aromatic N) is 4. The average Bonchev–Trinajstić information content (AvgIpc) is 3.28. The molecule has 1 saturated heterocycles. The van der Waals surface area contributed by atoms with Gasteiger partial charge in [-0.3, -0.25) is 19.7 Å². The quantitative estimate of drug-likeness (QED) is 0.288. The minimum Gasteiger partial charge on any atom is -0.494 e. The van der Waals surface area contributed by atoms with Crippen LogP contribution in [0.2, 0.25) is 0 Å². The fourth-order valence-corrected chi connectivity index (χ4v) is 6.33. The van der Waals surface area contributed by atoms with Gasteiger partial charge in [-0.05, 0) is 49.5 Å². The summed E-state index contributed by atoms with van der Waals surface area (Å²) in [5.41, 5.74) is 2.51. The molecule has 1 atom stereocenters. The predicted octanol–water partition coefficient (Wildman–Crippen LogP) is 2.79. The van der Waals surface area contributed by atoms with Crippen LogP contribution < -0.4 is 5.32 Å². The van der Waals surface area contributed by atoms with Crippen molar-refractivity contribution in [3.63, 3.8) is 0 Å². The fourth-order valence-electron chi connectivity index (χ4n) is 4.74. The van der Waals surface area contributed by atoms with E-state index in [0.29, 0.717) is 40.8 Å². The summed E-state index contributed by atoms with van der Waals surface area (Å²) in [6.45, 7) is 6.86. The lowest BCUT2D eigenvalue weighted by molar-refractivity contribution is 0.0950. The topological polar surface area (TPSA) is 132 Å². The van der Waals surface area contributed by atoms with E-state index in [1.54, 1.807) is 36.5 Å². The number of rotatable bonds is 8. The maximum atomic E-state index is 13.4. The Morgan fingerprint density at radius 3 is 2.62 bits per heavy atom. The van der Waals surface area contributed by atoms with E-state index in [-0.39, 0.29) is 23.2 Å². The zero-order valence-electron chi connectivity index (χ0n) is 21.5. The first-order valence-corrected chi connectivity index (χ1v) is 14.1. The van der Waals surface area contributed by atoms with Gasteiger partial charge in [-0.1, -0.05) is 12.1 Å². The summed E-state index contributed by atoms with van der Waals surface area (Å²) in [4.78, 5) is 28.4. The van der Waals surface area contributed by atoms with Gasteiger partial charge < -0.3 is 20.3 Å². The second kappa shape index (κ2) is 11.0. The Kier molecular flexibility index (Phi) is 7.47. The number of aromatic nitrogens is 3. The molecule has 1 aliphatic heterocycles. The smallest absolute Gasteiger partial charge is 0.251 e. The molecule has 11 heteroatoms. The molecular weight excluding hydrogens is 516 g/mol. The Balaban J connectivity index is 1.40. The molecule has 4 heterocycles. The molecule has 1 unspecified atom stereocenters. The van der Waals surface area contributed by atoms with Crippen molar-refractivity contribution in [2.45, 2.75) is 16.8 Å². The van der Waals surface area contributed by atoms with Crippen LogP contribution in [0, 0.1) is 0 Å². The first kappa shape index (κ1) is 26.5. The van der Waals surface area contributed by atoms with Crippen molar-refractivity contribution in [3.05, 3.63) is 84.8 Å². The van der Waals surface area contributed by atoms with E-state index in [9.17, 15) is 18.3 Å². The van der Waals surface area contributed by atoms with Crippen molar-refractivity contribution in [1.29, 1.82) is 0 Å². The highest BCUT2D eigenvalue weighted by atomic mass is 32.2. The standard InChI is InChI=1S/C28H30N6O4S/c1-3-25(34-14-12-33(2)13-15-34)39(37,38)21-8-10-24(30-18-21)26-22-16-19(7-9-23(22)32-28(26)36)27(35)31-17-20-6-4-5-11-29-20/h3-11,16,18,25,32,36H,1,12-15,17H2,2H3,(H,31,35). The number of amides is 1. The highest BCUT2D eigenvalue weighted by molar-refractivity contribution is 7.92. The molecule has 3 aromatic heterocycles. The lowest BCUT2D eigenvalue weighted by Gasteiger charge is -2.36. The van der Waals surface area contributed by atoms with E-state index >= 15 is 0 Å². The van der Waals surface area contributed by atoms with Crippen molar-refractivity contribution in [1.82, 2.24) is 30.1 Å². The lowest BCUT2D eigenvalue weighted by Crippen LogP contribution is -2.50. The molecule has 1 aromatic carbocycles. The summed E-state index contributed by atoms with van der Waals surface area (Å²) in [6.07, 6.45) is 4.43. The van der Waals surface area contributed by atoms with Crippen molar-refractivity contribution in [2.24, 2.45) is 0 Å². The number of carbonyl (C=O) groups is 1. The minimum atomic E-state index is -3.76. The molecule has 0 spiro atoms. The molecule has 1 fully saturated rings. The first-order valence-electron chi connectivity index (χ1n) is 12.6. The van der Waals surface area contributed by atoms with E-state index in [1.165, 1.54) is 18.3 Å². The molecule has 10 nitrogen and oxygen atoms in total.